The molecule has 1 saturated heterocycles. The van der Waals surface area contributed by atoms with E-state index in [9.17, 15) is 24.0 Å². The van der Waals surface area contributed by atoms with E-state index in [1.807, 2.05) is 36.4 Å². The fourth-order valence-electron chi connectivity index (χ4n) is 5.18. The summed E-state index contributed by atoms with van der Waals surface area (Å²) in [6.07, 6.45) is -2.94. The van der Waals surface area contributed by atoms with Gasteiger partial charge in [0.15, 0.2) is 6.10 Å². The smallest absolute Gasteiger partial charge is 0.412 e. The fourth-order valence-corrected chi connectivity index (χ4v) is 7.66. The number of nitrogens with zero attached hydrogens (tertiary/aromatic N) is 1. The number of primary amides is 1. The van der Waals surface area contributed by atoms with E-state index in [2.05, 4.69) is 10.6 Å². The minimum Gasteiger partial charge on any atom is -0.448 e. The number of anilines is 1. The lowest BCUT2D eigenvalue weighted by Gasteiger charge is -2.56. The molecule has 4 amide bonds. The molecule has 0 radical (unpaired) electrons. The number of fused-ring (bicyclic) bond motifs is 1. The number of rotatable bonds is 12. The summed E-state index contributed by atoms with van der Waals surface area (Å²) >= 11 is 19.1. The molecule has 1 aromatic heterocycles. The van der Waals surface area contributed by atoms with Crippen molar-refractivity contribution < 1.29 is 42.9 Å². The van der Waals surface area contributed by atoms with Crippen LogP contribution in [0.2, 0.25) is 0 Å². The van der Waals surface area contributed by atoms with Crippen LogP contribution in [0.25, 0.3) is 0 Å². The predicted octanol–water partition coefficient (Wildman–Crippen LogP) is 5.27. The summed E-state index contributed by atoms with van der Waals surface area (Å²) in [7, 11) is 1.26. The van der Waals surface area contributed by atoms with Gasteiger partial charge in [-0.15, -0.1) is 23.1 Å². The quantitative estimate of drug-likeness (QED) is 0.0722. The molecular weight excluding hydrogens is 755 g/mol. The zero-order valence-electron chi connectivity index (χ0n) is 26.1. The number of methoxy groups -OCH3 is 1. The third-order valence-corrected chi connectivity index (χ3v) is 10.1. The molecule has 18 heteroatoms. The normalized spacial score (nSPS) is 18.5. The number of nitrogens with one attached hydrogen (secondary N) is 2. The molecule has 0 spiro atoms. The standard InChI is InChI=1S/C32H29Cl3N4O9S2/c1-45-32(38-22(40)14-21-12-13-23(50-21)37-30(44)47-17-31(33,34)35)27(42)39-24(20(15-46-29(36)43)16-49-28(32)39)26(41)48-25(18-8-4-2-5-9-18)19-10-6-3-7-11-19/h2-13,25,28H,14-17H2,1H3,(H2,36,43)(H,37,44)(H,38,40)/t28-,32+/m1/s1. The van der Waals surface area contributed by atoms with Gasteiger partial charge in [0.2, 0.25) is 9.70 Å². The molecule has 0 bridgehead atoms. The second kappa shape index (κ2) is 15.9. The van der Waals surface area contributed by atoms with Crippen LogP contribution < -0.4 is 16.4 Å². The highest BCUT2D eigenvalue weighted by Gasteiger charge is 2.67. The van der Waals surface area contributed by atoms with E-state index in [0.717, 1.165) is 11.3 Å². The Bertz CT molecular complexity index is 1750. The summed E-state index contributed by atoms with van der Waals surface area (Å²) in [4.78, 5) is 66.4. The lowest BCUT2D eigenvalue weighted by atomic mass is 9.97. The van der Waals surface area contributed by atoms with Gasteiger partial charge in [0, 0.05) is 23.3 Å². The third kappa shape index (κ3) is 8.65. The molecule has 2 atom stereocenters. The van der Waals surface area contributed by atoms with Gasteiger partial charge in [-0.1, -0.05) is 95.5 Å². The first-order chi connectivity index (χ1) is 23.8. The van der Waals surface area contributed by atoms with Crippen LogP contribution in [-0.2, 0) is 39.8 Å². The van der Waals surface area contributed by atoms with Crippen molar-refractivity contribution in [2.24, 2.45) is 5.73 Å². The summed E-state index contributed by atoms with van der Waals surface area (Å²) in [6.45, 7) is -0.841. The summed E-state index contributed by atoms with van der Waals surface area (Å²) in [5, 5.41) is 4.63. The molecule has 13 nitrogen and oxygen atoms in total. The Morgan fingerprint density at radius 1 is 1.00 bits per heavy atom. The molecule has 2 aromatic carbocycles. The van der Waals surface area contributed by atoms with Crippen molar-refractivity contribution in [1.29, 1.82) is 0 Å². The van der Waals surface area contributed by atoms with E-state index < -0.39 is 57.6 Å². The summed E-state index contributed by atoms with van der Waals surface area (Å²) < 4.78 is 19.8. The molecule has 4 N–H and O–H groups in total. The number of halogens is 3. The largest absolute Gasteiger partial charge is 0.448 e. The Hall–Kier alpha value is -3.99. The van der Waals surface area contributed by atoms with Gasteiger partial charge in [-0.2, -0.15) is 0 Å². The molecule has 50 heavy (non-hydrogen) atoms. The highest BCUT2D eigenvalue weighted by Crippen LogP contribution is 2.47. The Labute approximate surface area is 309 Å². The second-order valence-corrected chi connectivity index (χ2v) is 15.5. The molecular formula is C32H29Cl3N4O9S2. The lowest BCUT2D eigenvalue weighted by molar-refractivity contribution is -0.193. The van der Waals surface area contributed by atoms with Crippen LogP contribution in [-0.4, -0.2) is 75.8 Å². The number of amides is 4. The first-order valence-electron chi connectivity index (χ1n) is 14.7. The van der Waals surface area contributed by atoms with Gasteiger partial charge in [0.05, 0.1) is 11.4 Å². The highest BCUT2D eigenvalue weighted by atomic mass is 35.6. The summed E-state index contributed by atoms with van der Waals surface area (Å²) in [5.74, 6) is -2.05. The van der Waals surface area contributed by atoms with Gasteiger partial charge in [0.25, 0.3) is 11.6 Å². The maximum atomic E-state index is 14.0. The number of hydrogen-bond donors (Lipinski definition) is 3. The molecule has 3 aromatic rings. The van der Waals surface area contributed by atoms with E-state index in [0.29, 0.717) is 21.0 Å². The van der Waals surface area contributed by atoms with E-state index in [4.69, 9.17) is 59.5 Å². The average Bonchev–Trinajstić information content (AvgIpc) is 3.53. The summed E-state index contributed by atoms with van der Waals surface area (Å²) in [5.41, 5.74) is 4.88. The Morgan fingerprint density at radius 2 is 1.64 bits per heavy atom. The SMILES string of the molecule is CO[C@@]1(NC(=O)Cc2ccc(NC(=O)OCC(Cl)(Cl)Cl)s2)C(=O)N2C(C(=O)OC(c3ccccc3)c3ccccc3)=C(COC(N)=O)CS[C@@H]21. The zero-order chi connectivity index (χ0) is 36.1. The Morgan fingerprint density at radius 3 is 2.22 bits per heavy atom. The number of β-lactam (4-membered cyclic amide) rings is 1. The topological polar surface area (TPSA) is 176 Å². The van der Waals surface area contributed by atoms with Crippen LogP contribution in [0.1, 0.15) is 22.1 Å². The second-order valence-electron chi connectivity index (χ2n) is 10.8. The van der Waals surface area contributed by atoms with Gasteiger partial charge in [-0.05, 0) is 23.3 Å². The molecule has 0 aliphatic carbocycles. The van der Waals surface area contributed by atoms with Crippen molar-refractivity contribution in [3.05, 3.63) is 100 Å². The van der Waals surface area contributed by atoms with Crippen molar-refractivity contribution in [2.75, 3.05) is 31.4 Å². The number of esters is 1. The van der Waals surface area contributed by atoms with Crippen molar-refractivity contribution in [3.8, 4) is 0 Å². The first kappa shape index (κ1) is 37.3. The fraction of sp³-hybridized carbons (Fsp3) is 0.281. The van der Waals surface area contributed by atoms with E-state index in [1.165, 1.54) is 23.8 Å². The summed E-state index contributed by atoms with van der Waals surface area (Å²) in [6, 6.07) is 21.3. The molecule has 0 unspecified atom stereocenters. The Balaban J connectivity index is 1.33. The highest BCUT2D eigenvalue weighted by molar-refractivity contribution is 8.00. The molecule has 1 fully saturated rings. The monoisotopic (exact) mass is 782 g/mol. The van der Waals surface area contributed by atoms with Crippen LogP contribution in [0.5, 0.6) is 0 Å². The number of alkyl halides is 3. The maximum Gasteiger partial charge on any atom is 0.412 e. The molecule has 5 rings (SSSR count). The van der Waals surface area contributed by atoms with Crippen LogP contribution >= 0.6 is 57.9 Å². The third-order valence-electron chi connectivity index (χ3n) is 7.36. The van der Waals surface area contributed by atoms with E-state index in [1.54, 1.807) is 36.4 Å². The molecule has 0 saturated carbocycles. The van der Waals surface area contributed by atoms with Gasteiger partial charge in [-0.3, -0.25) is 19.8 Å². The maximum absolute atomic E-state index is 14.0. The number of benzene rings is 2. The number of nitrogens with two attached hydrogens (primary N) is 1. The van der Waals surface area contributed by atoms with Crippen molar-refractivity contribution in [3.63, 3.8) is 0 Å². The number of thioether (sulfide) groups is 1. The van der Waals surface area contributed by atoms with Gasteiger partial charge >= 0.3 is 18.2 Å². The molecule has 264 valence electrons. The van der Waals surface area contributed by atoms with Gasteiger partial charge in [-0.25, -0.2) is 14.4 Å². The van der Waals surface area contributed by atoms with E-state index >= 15 is 0 Å². The van der Waals surface area contributed by atoms with Crippen molar-refractivity contribution in [1.82, 2.24) is 10.2 Å². The number of thiophene rings is 1. The predicted molar refractivity (Wildman–Crippen MR) is 188 cm³/mol. The molecule has 2 aliphatic rings. The average molecular weight is 784 g/mol. The van der Waals surface area contributed by atoms with Crippen LogP contribution in [0.3, 0.4) is 0 Å². The number of hydrogen-bond acceptors (Lipinski definition) is 11. The number of ether oxygens (including phenoxy) is 4. The Kier molecular flexibility index (Phi) is 11.9. The minimum atomic E-state index is -1.83. The zero-order valence-corrected chi connectivity index (χ0v) is 30.0. The van der Waals surface area contributed by atoms with Crippen molar-refractivity contribution in [2.45, 2.75) is 27.4 Å². The van der Waals surface area contributed by atoms with Crippen LogP contribution in [0, 0.1) is 0 Å². The van der Waals surface area contributed by atoms with Gasteiger partial charge in [0.1, 0.15) is 24.3 Å². The van der Waals surface area contributed by atoms with Crippen molar-refractivity contribution >= 4 is 92.9 Å². The van der Waals surface area contributed by atoms with Crippen LogP contribution in [0.4, 0.5) is 14.6 Å². The number of carbonyl (C=O) groups is 5. The van der Waals surface area contributed by atoms with E-state index in [-0.39, 0.29) is 30.1 Å². The minimum absolute atomic E-state index is 0.114. The number of carbonyl (C=O) groups excluding carboxylic acids is 5. The molecule has 3 heterocycles. The molecule has 2 aliphatic heterocycles. The van der Waals surface area contributed by atoms with Gasteiger partial charge < -0.3 is 30.0 Å². The first-order valence-corrected chi connectivity index (χ1v) is 17.7. The van der Waals surface area contributed by atoms with Crippen LogP contribution in [0.15, 0.2) is 84.1 Å². The lowest BCUT2D eigenvalue weighted by Crippen LogP contribution is -2.80.